The van der Waals surface area contributed by atoms with E-state index in [-0.39, 0.29) is 11.9 Å². The summed E-state index contributed by atoms with van der Waals surface area (Å²) in [7, 11) is 1.64. The topological polar surface area (TPSA) is 67.5 Å². The molecule has 0 saturated carbocycles. The van der Waals surface area contributed by atoms with Crippen LogP contribution in [-0.2, 0) is 0 Å². The molecule has 0 aliphatic carbocycles. The van der Waals surface area contributed by atoms with Crippen LogP contribution in [0.2, 0.25) is 5.02 Å². The highest BCUT2D eigenvalue weighted by Gasteiger charge is 2.46. The van der Waals surface area contributed by atoms with Crippen molar-refractivity contribution in [2.75, 3.05) is 13.7 Å². The smallest absolute Gasteiger partial charge is 0.273 e. The SMILES string of the molecule is COc1cc(C2c3c(-c4ccc(Cl)cc4)n[nH]c3C(=O)N2C(C)(C)C)ccc1OCCC(C)C. The Morgan fingerprint density at radius 2 is 1.82 bits per heavy atom. The lowest BCUT2D eigenvalue weighted by Crippen LogP contribution is -2.44. The van der Waals surface area contributed by atoms with Crippen LogP contribution >= 0.6 is 11.6 Å². The van der Waals surface area contributed by atoms with Crippen molar-refractivity contribution >= 4 is 17.5 Å². The van der Waals surface area contributed by atoms with Crippen molar-refractivity contribution in [2.24, 2.45) is 5.92 Å². The fourth-order valence-electron chi connectivity index (χ4n) is 4.36. The minimum atomic E-state index is -0.418. The molecule has 1 unspecified atom stereocenters. The zero-order valence-electron chi connectivity index (χ0n) is 20.6. The summed E-state index contributed by atoms with van der Waals surface area (Å²) in [6.07, 6.45) is 0.961. The monoisotopic (exact) mass is 481 g/mol. The molecule has 0 saturated heterocycles. The Kier molecular flexibility index (Phi) is 6.63. The van der Waals surface area contributed by atoms with E-state index in [0.717, 1.165) is 28.8 Å². The average molecular weight is 482 g/mol. The maximum Gasteiger partial charge on any atom is 0.273 e. The first kappa shape index (κ1) is 24.1. The molecule has 1 amide bonds. The van der Waals surface area contributed by atoms with Gasteiger partial charge >= 0.3 is 0 Å². The molecular weight excluding hydrogens is 450 g/mol. The number of fused-ring (bicyclic) bond motifs is 1. The van der Waals surface area contributed by atoms with Gasteiger partial charge in [-0.15, -0.1) is 0 Å². The van der Waals surface area contributed by atoms with E-state index in [0.29, 0.717) is 34.7 Å². The molecule has 1 aromatic heterocycles. The van der Waals surface area contributed by atoms with Gasteiger partial charge in [-0.2, -0.15) is 5.10 Å². The summed E-state index contributed by atoms with van der Waals surface area (Å²) in [4.78, 5) is 15.4. The highest BCUT2D eigenvalue weighted by Crippen LogP contribution is 2.47. The maximum absolute atomic E-state index is 13.5. The Morgan fingerprint density at radius 1 is 1.12 bits per heavy atom. The molecule has 6 nitrogen and oxygen atoms in total. The zero-order chi connectivity index (χ0) is 24.6. The number of benzene rings is 2. The van der Waals surface area contributed by atoms with Crippen LogP contribution in [0, 0.1) is 5.92 Å². The fourth-order valence-corrected chi connectivity index (χ4v) is 4.49. The third kappa shape index (κ3) is 4.51. The predicted molar refractivity (Wildman–Crippen MR) is 135 cm³/mol. The standard InChI is InChI=1S/C27H32ClN3O3/c1-16(2)13-14-34-20-12-9-18(15-21(20)33-6)25-22-23(17-7-10-19(28)11-8-17)29-30-24(22)26(32)31(25)27(3,4)5/h7-12,15-16,25H,13-14H2,1-6H3,(H,29,30). The molecule has 180 valence electrons. The van der Waals surface area contributed by atoms with Gasteiger partial charge in [-0.1, -0.05) is 43.6 Å². The number of amides is 1. The van der Waals surface area contributed by atoms with E-state index >= 15 is 0 Å². The van der Waals surface area contributed by atoms with Crippen molar-refractivity contribution in [3.63, 3.8) is 0 Å². The van der Waals surface area contributed by atoms with Crippen LogP contribution in [0.5, 0.6) is 11.5 Å². The molecule has 1 aliphatic heterocycles. The first-order valence-corrected chi connectivity index (χ1v) is 12.0. The molecule has 0 fully saturated rings. The molecule has 4 rings (SSSR count). The molecular formula is C27H32ClN3O3. The van der Waals surface area contributed by atoms with Gasteiger partial charge in [0.1, 0.15) is 5.69 Å². The lowest BCUT2D eigenvalue weighted by Gasteiger charge is -2.38. The first-order valence-electron chi connectivity index (χ1n) is 11.6. The highest BCUT2D eigenvalue weighted by atomic mass is 35.5. The molecule has 1 aliphatic rings. The summed E-state index contributed by atoms with van der Waals surface area (Å²) >= 11 is 6.11. The van der Waals surface area contributed by atoms with Crippen LogP contribution in [0.15, 0.2) is 42.5 Å². The van der Waals surface area contributed by atoms with Crippen LogP contribution in [0.4, 0.5) is 0 Å². The average Bonchev–Trinajstić information content (AvgIpc) is 3.33. The Bertz CT molecular complexity index is 1180. The third-order valence-corrected chi connectivity index (χ3v) is 6.32. The summed E-state index contributed by atoms with van der Waals surface area (Å²) < 4.78 is 11.7. The number of nitrogens with zero attached hydrogens (tertiary/aromatic N) is 2. The Hall–Kier alpha value is -2.99. The van der Waals surface area contributed by atoms with Gasteiger partial charge in [-0.25, -0.2) is 0 Å². The lowest BCUT2D eigenvalue weighted by atomic mass is 9.93. The number of H-pyrrole nitrogens is 1. The maximum atomic E-state index is 13.5. The molecule has 0 radical (unpaired) electrons. The Morgan fingerprint density at radius 3 is 2.44 bits per heavy atom. The molecule has 34 heavy (non-hydrogen) atoms. The summed E-state index contributed by atoms with van der Waals surface area (Å²) in [6, 6.07) is 13.1. The number of carbonyl (C=O) groups is 1. The minimum absolute atomic E-state index is 0.0727. The van der Waals surface area contributed by atoms with Gasteiger partial charge in [0.15, 0.2) is 11.5 Å². The number of rotatable bonds is 7. The predicted octanol–water partition coefficient (Wildman–Crippen LogP) is 6.51. The van der Waals surface area contributed by atoms with Gasteiger partial charge in [-0.3, -0.25) is 9.89 Å². The number of aromatic amines is 1. The molecule has 7 heteroatoms. The number of hydrogen-bond donors (Lipinski definition) is 1. The molecule has 2 aromatic carbocycles. The number of aromatic nitrogens is 2. The van der Waals surface area contributed by atoms with E-state index in [1.54, 1.807) is 7.11 Å². The lowest BCUT2D eigenvalue weighted by molar-refractivity contribution is 0.0545. The van der Waals surface area contributed by atoms with Crippen LogP contribution in [0.3, 0.4) is 0 Å². The summed E-state index contributed by atoms with van der Waals surface area (Å²) in [5, 5.41) is 8.18. The molecule has 0 bridgehead atoms. The van der Waals surface area contributed by atoms with Crippen LogP contribution in [0.25, 0.3) is 11.3 Å². The highest BCUT2D eigenvalue weighted by molar-refractivity contribution is 6.30. The van der Waals surface area contributed by atoms with Gasteiger partial charge in [0.05, 0.1) is 25.5 Å². The van der Waals surface area contributed by atoms with Crippen molar-refractivity contribution in [1.29, 1.82) is 0 Å². The Balaban J connectivity index is 1.80. The van der Waals surface area contributed by atoms with E-state index in [9.17, 15) is 4.79 Å². The van der Waals surface area contributed by atoms with Gasteiger partial charge in [-0.05, 0) is 62.9 Å². The summed E-state index contributed by atoms with van der Waals surface area (Å²) in [5.74, 6) is 1.83. The van der Waals surface area contributed by atoms with Crippen molar-refractivity contribution in [1.82, 2.24) is 15.1 Å². The second kappa shape index (κ2) is 9.34. The van der Waals surface area contributed by atoms with E-state index in [4.69, 9.17) is 21.1 Å². The second-order valence-corrected chi connectivity index (χ2v) is 10.5. The van der Waals surface area contributed by atoms with Gasteiger partial charge in [0.25, 0.3) is 5.91 Å². The molecule has 1 atom stereocenters. The van der Waals surface area contributed by atoms with Crippen LogP contribution < -0.4 is 9.47 Å². The van der Waals surface area contributed by atoms with Crippen molar-refractivity contribution in [3.8, 4) is 22.8 Å². The third-order valence-electron chi connectivity index (χ3n) is 6.06. The number of nitrogens with one attached hydrogen (secondary N) is 1. The number of methoxy groups -OCH3 is 1. The molecule has 2 heterocycles. The number of ether oxygens (including phenoxy) is 2. The number of hydrogen-bond acceptors (Lipinski definition) is 4. The summed E-state index contributed by atoms with van der Waals surface area (Å²) in [5.41, 5.74) is 3.54. The van der Waals surface area contributed by atoms with Crippen LogP contribution in [-0.4, -0.2) is 40.3 Å². The fraction of sp³-hybridized carbons (Fsp3) is 0.407. The van der Waals surface area contributed by atoms with Crippen LogP contribution in [0.1, 0.15) is 68.7 Å². The Labute approximate surface area is 206 Å². The summed E-state index contributed by atoms with van der Waals surface area (Å²) in [6.45, 7) is 11.1. The van der Waals surface area contributed by atoms with Gasteiger partial charge in [0, 0.05) is 21.7 Å². The molecule has 0 spiro atoms. The number of carbonyl (C=O) groups excluding carboxylic acids is 1. The zero-order valence-corrected chi connectivity index (χ0v) is 21.4. The first-order chi connectivity index (χ1) is 16.1. The van der Waals surface area contributed by atoms with Crippen molar-refractivity contribution in [3.05, 3.63) is 64.3 Å². The van der Waals surface area contributed by atoms with Gasteiger partial charge in [0.2, 0.25) is 0 Å². The van der Waals surface area contributed by atoms with E-state index in [1.165, 1.54) is 0 Å². The van der Waals surface area contributed by atoms with Crippen molar-refractivity contribution < 1.29 is 14.3 Å². The van der Waals surface area contributed by atoms with E-state index in [2.05, 4.69) is 24.0 Å². The molecule has 1 N–H and O–H groups in total. The quantitative estimate of drug-likeness (QED) is 0.417. The second-order valence-electron chi connectivity index (χ2n) is 10.1. The van der Waals surface area contributed by atoms with E-state index < -0.39 is 5.54 Å². The minimum Gasteiger partial charge on any atom is -0.493 e. The van der Waals surface area contributed by atoms with E-state index in [1.807, 2.05) is 68.1 Å². The number of halogens is 1. The normalized spacial score (nSPS) is 15.7. The largest absolute Gasteiger partial charge is 0.493 e. The van der Waals surface area contributed by atoms with Crippen molar-refractivity contribution in [2.45, 2.75) is 52.6 Å². The molecule has 3 aromatic rings. The van der Waals surface area contributed by atoms with Gasteiger partial charge < -0.3 is 14.4 Å².